The van der Waals surface area contributed by atoms with E-state index in [-0.39, 0.29) is 18.7 Å². The minimum Gasteiger partial charge on any atom is -0.326 e. The molecule has 1 heterocycles. The van der Waals surface area contributed by atoms with Gasteiger partial charge in [0.2, 0.25) is 10.0 Å². The van der Waals surface area contributed by atoms with E-state index in [0.29, 0.717) is 19.5 Å². The van der Waals surface area contributed by atoms with Gasteiger partial charge in [-0.2, -0.15) is 4.31 Å². The first-order valence-corrected chi connectivity index (χ1v) is 8.17. The molecule has 2 rings (SSSR count). The quantitative estimate of drug-likeness (QED) is 0.893. The van der Waals surface area contributed by atoms with E-state index in [2.05, 4.69) is 0 Å². The molecule has 1 aromatic rings. The summed E-state index contributed by atoms with van der Waals surface area (Å²) in [6.07, 6.45) is 0.649. The highest BCUT2D eigenvalue weighted by molar-refractivity contribution is 7.89. The molecule has 1 saturated heterocycles. The van der Waals surface area contributed by atoms with Gasteiger partial charge in [0, 0.05) is 26.2 Å². The maximum Gasteiger partial charge on any atom is 0.246 e. The predicted octanol–water partition coefficient (Wildman–Crippen LogP) is 0.750. The molecule has 0 atom stereocenters. The van der Waals surface area contributed by atoms with Crippen molar-refractivity contribution in [3.63, 3.8) is 0 Å². The van der Waals surface area contributed by atoms with E-state index in [4.69, 9.17) is 5.73 Å². The van der Waals surface area contributed by atoms with Crippen molar-refractivity contribution in [2.24, 2.45) is 5.73 Å². The topological polar surface area (TPSA) is 66.6 Å². The van der Waals surface area contributed by atoms with Crippen molar-refractivity contribution in [3.8, 4) is 0 Å². The van der Waals surface area contributed by atoms with Crippen LogP contribution in [0, 0.1) is 11.6 Å². The minimum absolute atomic E-state index is 0.0531. The highest BCUT2D eigenvalue weighted by Gasteiger charge is 2.30. The highest BCUT2D eigenvalue weighted by atomic mass is 32.2. The summed E-state index contributed by atoms with van der Waals surface area (Å²) in [5.41, 5.74) is 5.65. The number of likely N-dealkylation sites (N-methyl/N-ethyl adjacent to an activating group) is 1. The van der Waals surface area contributed by atoms with Crippen molar-refractivity contribution in [3.05, 3.63) is 29.3 Å². The van der Waals surface area contributed by atoms with Gasteiger partial charge in [-0.05, 0) is 37.7 Å². The lowest BCUT2D eigenvalue weighted by molar-refractivity contribution is 0.346. The van der Waals surface area contributed by atoms with Crippen molar-refractivity contribution >= 4 is 10.0 Å². The molecule has 0 spiro atoms. The maximum atomic E-state index is 13.9. The smallest absolute Gasteiger partial charge is 0.246 e. The van der Waals surface area contributed by atoms with Crippen LogP contribution in [0.15, 0.2) is 17.0 Å². The van der Waals surface area contributed by atoms with Gasteiger partial charge in [-0.25, -0.2) is 17.2 Å². The van der Waals surface area contributed by atoms with Gasteiger partial charge in [0.1, 0.15) is 4.90 Å². The van der Waals surface area contributed by atoms with Crippen molar-refractivity contribution in [2.75, 3.05) is 33.2 Å². The van der Waals surface area contributed by atoms with Gasteiger partial charge in [0.15, 0.2) is 11.6 Å². The SMILES string of the molecule is CN1CCCN(S(=O)(=O)c2cc(CN)cc(F)c2F)CC1. The molecule has 118 valence electrons. The van der Waals surface area contributed by atoms with Gasteiger partial charge < -0.3 is 10.6 Å². The highest BCUT2D eigenvalue weighted by Crippen LogP contribution is 2.24. The van der Waals surface area contributed by atoms with Crippen LogP contribution in [0.5, 0.6) is 0 Å². The Labute approximate surface area is 123 Å². The molecule has 8 heteroatoms. The van der Waals surface area contributed by atoms with E-state index in [1.165, 1.54) is 4.31 Å². The van der Waals surface area contributed by atoms with Crippen molar-refractivity contribution in [1.29, 1.82) is 0 Å². The molecule has 0 aromatic heterocycles. The number of rotatable bonds is 3. The molecule has 1 fully saturated rings. The average molecular weight is 319 g/mol. The molecule has 0 aliphatic carbocycles. The third-order valence-corrected chi connectivity index (χ3v) is 5.48. The molecule has 1 aromatic carbocycles. The molecule has 21 heavy (non-hydrogen) atoms. The monoisotopic (exact) mass is 319 g/mol. The lowest BCUT2D eigenvalue weighted by atomic mass is 10.2. The number of sulfonamides is 1. The van der Waals surface area contributed by atoms with Gasteiger partial charge in [-0.15, -0.1) is 0 Å². The Morgan fingerprint density at radius 1 is 1.19 bits per heavy atom. The zero-order valence-corrected chi connectivity index (χ0v) is 12.7. The number of hydrogen-bond donors (Lipinski definition) is 1. The molecule has 0 unspecified atom stereocenters. The number of hydrogen-bond acceptors (Lipinski definition) is 4. The van der Waals surface area contributed by atoms with E-state index in [0.717, 1.165) is 18.7 Å². The Bertz CT molecular complexity index is 622. The second kappa shape index (κ2) is 6.35. The molecular weight excluding hydrogens is 300 g/mol. The lowest BCUT2D eigenvalue weighted by Crippen LogP contribution is -2.35. The van der Waals surface area contributed by atoms with E-state index < -0.39 is 26.6 Å². The van der Waals surface area contributed by atoms with Crippen molar-refractivity contribution in [2.45, 2.75) is 17.9 Å². The van der Waals surface area contributed by atoms with Crippen LogP contribution < -0.4 is 5.73 Å². The van der Waals surface area contributed by atoms with E-state index in [9.17, 15) is 17.2 Å². The Morgan fingerprint density at radius 2 is 1.90 bits per heavy atom. The fourth-order valence-corrected chi connectivity index (χ4v) is 3.92. The summed E-state index contributed by atoms with van der Waals surface area (Å²) in [5, 5.41) is 0. The van der Waals surface area contributed by atoms with Crippen LogP contribution in [0.3, 0.4) is 0 Å². The van der Waals surface area contributed by atoms with Crippen molar-refractivity contribution in [1.82, 2.24) is 9.21 Å². The molecule has 0 radical (unpaired) electrons. The number of halogens is 2. The Morgan fingerprint density at radius 3 is 2.57 bits per heavy atom. The first-order valence-electron chi connectivity index (χ1n) is 6.73. The zero-order chi connectivity index (χ0) is 15.6. The predicted molar refractivity (Wildman–Crippen MR) is 75.1 cm³/mol. The number of benzene rings is 1. The fraction of sp³-hybridized carbons (Fsp3) is 0.538. The normalized spacial score (nSPS) is 18.7. The van der Waals surface area contributed by atoms with Gasteiger partial charge in [0.25, 0.3) is 0 Å². The van der Waals surface area contributed by atoms with Crippen LogP contribution in [0.2, 0.25) is 0 Å². The second-order valence-corrected chi connectivity index (χ2v) is 7.06. The standard InChI is InChI=1S/C13H19F2N3O2S/c1-17-3-2-4-18(6-5-17)21(19,20)12-8-10(9-16)7-11(14)13(12)15/h7-8H,2-6,9,16H2,1H3. The molecular formula is C13H19F2N3O2S. The van der Waals surface area contributed by atoms with Crippen LogP contribution in [0.4, 0.5) is 8.78 Å². The molecule has 0 bridgehead atoms. The molecule has 0 amide bonds. The van der Waals surface area contributed by atoms with Crippen LogP contribution in [0.25, 0.3) is 0 Å². The van der Waals surface area contributed by atoms with Gasteiger partial charge in [-0.3, -0.25) is 0 Å². The van der Waals surface area contributed by atoms with E-state index in [1.807, 2.05) is 11.9 Å². The number of nitrogens with zero attached hydrogens (tertiary/aromatic N) is 2. The molecule has 0 saturated carbocycles. The van der Waals surface area contributed by atoms with Crippen LogP contribution in [-0.4, -0.2) is 50.8 Å². The summed E-state index contributed by atoms with van der Waals surface area (Å²) in [6, 6.07) is 2.03. The fourth-order valence-electron chi connectivity index (χ4n) is 2.33. The van der Waals surface area contributed by atoms with Gasteiger partial charge in [-0.1, -0.05) is 0 Å². The third-order valence-electron chi connectivity index (χ3n) is 3.59. The zero-order valence-electron chi connectivity index (χ0n) is 11.8. The van der Waals surface area contributed by atoms with E-state index >= 15 is 0 Å². The number of nitrogens with two attached hydrogens (primary N) is 1. The first kappa shape index (κ1) is 16.3. The maximum absolute atomic E-state index is 13.9. The van der Waals surface area contributed by atoms with Crippen LogP contribution in [-0.2, 0) is 16.6 Å². The second-order valence-electron chi connectivity index (χ2n) is 5.15. The summed E-state index contributed by atoms with van der Waals surface area (Å²) >= 11 is 0. The summed E-state index contributed by atoms with van der Waals surface area (Å²) < 4.78 is 53.8. The molecule has 2 N–H and O–H groups in total. The third kappa shape index (κ3) is 3.39. The summed E-state index contributed by atoms with van der Waals surface area (Å²) in [4.78, 5) is 1.37. The van der Waals surface area contributed by atoms with Crippen LogP contribution in [0.1, 0.15) is 12.0 Å². The van der Waals surface area contributed by atoms with Crippen molar-refractivity contribution < 1.29 is 17.2 Å². The minimum atomic E-state index is -4.06. The first-order chi connectivity index (χ1) is 9.86. The average Bonchev–Trinajstić information content (AvgIpc) is 2.66. The van der Waals surface area contributed by atoms with Crippen LogP contribution >= 0.6 is 0 Å². The molecule has 1 aliphatic heterocycles. The lowest BCUT2D eigenvalue weighted by Gasteiger charge is -2.21. The largest absolute Gasteiger partial charge is 0.326 e. The van der Waals surface area contributed by atoms with E-state index in [1.54, 1.807) is 0 Å². The Kier molecular flexibility index (Phi) is 4.92. The summed E-state index contributed by atoms with van der Waals surface area (Å²) in [7, 11) is -2.16. The summed E-state index contributed by atoms with van der Waals surface area (Å²) in [5.74, 6) is -2.53. The molecule has 5 nitrogen and oxygen atoms in total. The summed E-state index contributed by atoms with van der Waals surface area (Å²) in [6.45, 7) is 1.82. The molecule has 1 aliphatic rings. The van der Waals surface area contributed by atoms with Gasteiger partial charge in [0.05, 0.1) is 0 Å². The van der Waals surface area contributed by atoms with Gasteiger partial charge >= 0.3 is 0 Å². The Balaban J connectivity index is 2.41. The Hall–Kier alpha value is -1.09.